The van der Waals surface area contributed by atoms with Crippen LogP contribution in [0.1, 0.15) is 23.2 Å². The summed E-state index contributed by atoms with van der Waals surface area (Å²) in [4.78, 5) is 14.7. The number of morpholine rings is 1. The van der Waals surface area contributed by atoms with Crippen LogP contribution in [0.5, 0.6) is 0 Å². The summed E-state index contributed by atoms with van der Waals surface area (Å²) >= 11 is 0. The molecule has 5 heteroatoms. The van der Waals surface area contributed by atoms with Gasteiger partial charge in [0.25, 0.3) is 0 Å². The van der Waals surface area contributed by atoms with Crippen molar-refractivity contribution in [3.05, 3.63) is 35.4 Å². The van der Waals surface area contributed by atoms with Crippen LogP contribution < -0.4 is 0 Å². The maximum absolute atomic E-state index is 13.7. The Labute approximate surface area is 116 Å². The normalized spacial score (nSPS) is 30.2. The van der Waals surface area contributed by atoms with E-state index in [-0.39, 0.29) is 29.3 Å². The van der Waals surface area contributed by atoms with Crippen LogP contribution in [0.15, 0.2) is 18.2 Å². The largest absolute Gasteiger partial charge is 0.378 e. The molecule has 1 aromatic rings. The highest BCUT2D eigenvalue weighted by molar-refractivity contribution is 5.98. The molecule has 0 saturated carbocycles. The highest BCUT2D eigenvalue weighted by Gasteiger charge is 2.40. The highest BCUT2D eigenvalue weighted by Crippen LogP contribution is 2.32. The van der Waals surface area contributed by atoms with E-state index >= 15 is 0 Å². The van der Waals surface area contributed by atoms with E-state index in [9.17, 15) is 13.6 Å². The quantitative estimate of drug-likeness (QED) is 0.779. The molecule has 2 aliphatic heterocycles. The Morgan fingerprint density at radius 2 is 1.90 bits per heavy atom. The van der Waals surface area contributed by atoms with E-state index in [4.69, 9.17) is 4.74 Å². The number of carbonyl (C=O) groups excluding carboxylic acids is 1. The molecule has 2 bridgehead atoms. The van der Waals surface area contributed by atoms with Gasteiger partial charge in [-0.25, -0.2) is 8.78 Å². The molecule has 2 heterocycles. The average molecular weight is 281 g/mol. The molecule has 1 aromatic carbocycles. The summed E-state index contributed by atoms with van der Waals surface area (Å²) in [5.74, 6) is -1.75. The van der Waals surface area contributed by atoms with Gasteiger partial charge in [-0.1, -0.05) is 0 Å². The van der Waals surface area contributed by atoms with E-state index < -0.39 is 11.6 Å². The Kier molecular flexibility index (Phi) is 3.56. The van der Waals surface area contributed by atoms with Crippen molar-refractivity contribution in [1.29, 1.82) is 0 Å². The number of likely N-dealkylation sites (N-methyl/N-ethyl adjacent to an activating group) is 1. The number of halogens is 2. The van der Waals surface area contributed by atoms with Crippen LogP contribution in [-0.2, 0) is 4.74 Å². The minimum atomic E-state index is -0.642. The first-order valence-corrected chi connectivity index (χ1v) is 6.85. The van der Waals surface area contributed by atoms with E-state index in [1.54, 1.807) is 0 Å². The van der Waals surface area contributed by atoms with Crippen LogP contribution in [0.3, 0.4) is 0 Å². The standard InChI is InChI=1S/C15H17F2NO2/c1-18-11-4-9(5-12(18)8-20-7-11)15(19)13-6-10(16)2-3-14(13)17/h2-3,6,9,11-12H,4-5,7-8H2,1H3. The smallest absolute Gasteiger partial charge is 0.169 e. The molecule has 2 unspecified atom stereocenters. The van der Waals surface area contributed by atoms with Crippen molar-refractivity contribution in [2.45, 2.75) is 24.9 Å². The second-order valence-corrected chi connectivity index (χ2v) is 5.67. The Morgan fingerprint density at radius 1 is 1.25 bits per heavy atom. The van der Waals surface area contributed by atoms with Crippen LogP contribution in [0.4, 0.5) is 8.78 Å². The molecule has 20 heavy (non-hydrogen) atoms. The van der Waals surface area contributed by atoms with Gasteiger partial charge in [0.1, 0.15) is 11.6 Å². The van der Waals surface area contributed by atoms with Crippen molar-refractivity contribution in [3.8, 4) is 0 Å². The van der Waals surface area contributed by atoms with Gasteiger partial charge < -0.3 is 4.74 Å². The molecule has 2 saturated heterocycles. The van der Waals surface area contributed by atoms with Gasteiger partial charge in [0, 0.05) is 18.0 Å². The molecule has 0 amide bonds. The maximum atomic E-state index is 13.7. The molecule has 2 aliphatic rings. The topological polar surface area (TPSA) is 29.5 Å². The molecule has 0 aromatic heterocycles. The molecule has 0 aliphatic carbocycles. The first kappa shape index (κ1) is 13.6. The summed E-state index contributed by atoms with van der Waals surface area (Å²) in [5, 5.41) is 0. The minimum absolute atomic E-state index is 0.126. The van der Waals surface area contributed by atoms with Gasteiger partial charge >= 0.3 is 0 Å². The van der Waals surface area contributed by atoms with Gasteiger partial charge in [0.05, 0.1) is 18.8 Å². The second kappa shape index (κ2) is 5.22. The molecule has 0 N–H and O–H groups in total. The fraction of sp³-hybridized carbons (Fsp3) is 0.533. The first-order valence-electron chi connectivity index (χ1n) is 6.85. The van der Waals surface area contributed by atoms with Gasteiger partial charge in [0.2, 0.25) is 0 Å². The molecule has 2 fully saturated rings. The zero-order chi connectivity index (χ0) is 14.3. The third-order valence-corrected chi connectivity index (χ3v) is 4.45. The molecular formula is C15H17F2NO2. The molecule has 2 atom stereocenters. The van der Waals surface area contributed by atoms with Crippen LogP contribution in [-0.4, -0.2) is 43.0 Å². The Morgan fingerprint density at radius 3 is 2.55 bits per heavy atom. The molecular weight excluding hydrogens is 264 g/mol. The third kappa shape index (κ3) is 2.36. The Balaban J connectivity index is 1.83. The van der Waals surface area contributed by atoms with E-state index in [0.717, 1.165) is 18.2 Å². The van der Waals surface area contributed by atoms with Crippen LogP contribution in [0.2, 0.25) is 0 Å². The Bertz CT molecular complexity index is 521. The summed E-state index contributed by atoms with van der Waals surface area (Å²) < 4.78 is 32.4. The monoisotopic (exact) mass is 281 g/mol. The summed E-state index contributed by atoms with van der Waals surface area (Å²) in [7, 11) is 2.03. The predicted octanol–water partition coefficient (Wildman–Crippen LogP) is 2.26. The number of fused-ring (bicyclic) bond motifs is 2. The number of carbonyl (C=O) groups is 1. The number of ketones is 1. The number of hydrogen-bond donors (Lipinski definition) is 0. The van der Waals surface area contributed by atoms with E-state index in [2.05, 4.69) is 4.90 Å². The summed E-state index contributed by atoms with van der Waals surface area (Å²) in [6.07, 6.45) is 1.28. The lowest BCUT2D eigenvalue weighted by Gasteiger charge is -2.46. The van der Waals surface area contributed by atoms with Gasteiger partial charge in [-0.3, -0.25) is 9.69 Å². The zero-order valence-corrected chi connectivity index (χ0v) is 11.3. The number of benzene rings is 1. The van der Waals surface area contributed by atoms with E-state index in [0.29, 0.717) is 26.1 Å². The molecule has 0 radical (unpaired) electrons. The SMILES string of the molecule is CN1C2COCC1CC(C(=O)c1cc(F)ccc1F)C2. The summed E-state index contributed by atoms with van der Waals surface area (Å²) in [6, 6.07) is 3.42. The highest BCUT2D eigenvalue weighted by atomic mass is 19.1. The lowest BCUT2D eigenvalue weighted by atomic mass is 9.81. The first-order chi connectivity index (χ1) is 9.56. The van der Waals surface area contributed by atoms with Crippen molar-refractivity contribution >= 4 is 5.78 Å². The number of ether oxygens (including phenoxy) is 1. The predicted molar refractivity (Wildman–Crippen MR) is 69.6 cm³/mol. The number of Topliss-reactive ketones (excluding diaryl/α,β-unsaturated/α-hetero) is 1. The zero-order valence-electron chi connectivity index (χ0n) is 11.3. The fourth-order valence-corrected chi connectivity index (χ4v) is 3.22. The number of nitrogens with zero attached hydrogens (tertiary/aromatic N) is 1. The molecule has 3 rings (SSSR count). The van der Waals surface area contributed by atoms with Crippen molar-refractivity contribution < 1.29 is 18.3 Å². The fourth-order valence-electron chi connectivity index (χ4n) is 3.22. The number of rotatable bonds is 2. The number of piperidine rings is 1. The van der Waals surface area contributed by atoms with Gasteiger partial charge in [0.15, 0.2) is 5.78 Å². The van der Waals surface area contributed by atoms with Crippen molar-refractivity contribution in [1.82, 2.24) is 4.90 Å². The molecule has 108 valence electrons. The summed E-state index contributed by atoms with van der Waals surface area (Å²) in [5.41, 5.74) is -0.126. The molecule has 0 spiro atoms. The molecule has 3 nitrogen and oxygen atoms in total. The summed E-state index contributed by atoms with van der Waals surface area (Å²) in [6.45, 7) is 1.20. The van der Waals surface area contributed by atoms with Gasteiger partial charge in [-0.15, -0.1) is 0 Å². The van der Waals surface area contributed by atoms with Crippen LogP contribution >= 0.6 is 0 Å². The van der Waals surface area contributed by atoms with Crippen molar-refractivity contribution in [2.24, 2.45) is 5.92 Å². The second-order valence-electron chi connectivity index (χ2n) is 5.67. The van der Waals surface area contributed by atoms with Crippen molar-refractivity contribution in [2.75, 3.05) is 20.3 Å². The van der Waals surface area contributed by atoms with Gasteiger partial charge in [-0.05, 0) is 38.1 Å². The van der Waals surface area contributed by atoms with E-state index in [1.165, 1.54) is 0 Å². The number of hydrogen-bond acceptors (Lipinski definition) is 3. The van der Waals surface area contributed by atoms with Crippen LogP contribution in [0, 0.1) is 17.6 Å². The maximum Gasteiger partial charge on any atom is 0.169 e. The lowest BCUT2D eigenvalue weighted by molar-refractivity contribution is -0.0702. The van der Waals surface area contributed by atoms with E-state index in [1.807, 2.05) is 7.05 Å². The van der Waals surface area contributed by atoms with Crippen molar-refractivity contribution in [3.63, 3.8) is 0 Å². The minimum Gasteiger partial charge on any atom is -0.378 e. The van der Waals surface area contributed by atoms with Gasteiger partial charge in [-0.2, -0.15) is 0 Å². The van der Waals surface area contributed by atoms with Crippen LogP contribution in [0.25, 0.3) is 0 Å². The average Bonchev–Trinajstić information content (AvgIpc) is 2.40. The lowest BCUT2D eigenvalue weighted by Crippen LogP contribution is -2.55. The Hall–Kier alpha value is -1.33. The third-order valence-electron chi connectivity index (χ3n) is 4.45.